The van der Waals surface area contributed by atoms with Crippen molar-refractivity contribution in [1.82, 2.24) is 0 Å². The highest BCUT2D eigenvalue weighted by molar-refractivity contribution is 9.10. The number of carbonyl (C=O) groups excluding carboxylic acids is 2. The van der Waals surface area contributed by atoms with Gasteiger partial charge in [-0.25, -0.2) is 4.79 Å². The molecule has 0 aliphatic rings. The van der Waals surface area contributed by atoms with Crippen molar-refractivity contribution in [3.63, 3.8) is 0 Å². The highest BCUT2D eigenvalue weighted by Crippen LogP contribution is 2.30. The van der Waals surface area contributed by atoms with Crippen LogP contribution in [0.2, 0.25) is 0 Å². The third-order valence-electron chi connectivity index (χ3n) is 2.64. The van der Waals surface area contributed by atoms with Crippen LogP contribution in [0.3, 0.4) is 0 Å². The number of hydrogen-bond donors (Lipinski definition) is 0. The number of esters is 2. The van der Waals surface area contributed by atoms with Crippen LogP contribution in [0, 0.1) is 0 Å². The Morgan fingerprint density at radius 1 is 1.20 bits per heavy atom. The average molecular weight is 337 g/mol. The van der Waals surface area contributed by atoms with Crippen LogP contribution in [0.15, 0.2) is 34.8 Å². The van der Waals surface area contributed by atoms with Gasteiger partial charge in [-0.2, -0.15) is 0 Å². The molecule has 0 aliphatic heterocycles. The van der Waals surface area contributed by atoms with Crippen molar-refractivity contribution < 1.29 is 19.1 Å². The van der Waals surface area contributed by atoms with Crippen LogP contribution < -0.4 is 4.74 Å². The number of fused-ring (bicyclic) bond motifs is 1. The molecule has 104 valence electrons. The zero-order valence-electron chi connectivity index (χ0n) is 11.1. The molecule has 0 unspecified atom stereocenters. The highest BCUT2D eigenvalue weighted by atomic mass is 79.9. The van der Waals surface area contributed by atoms with E-state index in [1.165, 1.54) is 13.0 Å². The largest absolute Gasteiger partial charge is 0.462 e. The fourth-order valence-electron chi connectivity index (χ4n) is 1.88. The van der Waals surface area contributed by atoms with Crippen LogP contribution >= 0.6 is 15.9 Å². The maximum Gasteiger partial charge on any atom is 0.338 e. The van der Waals surface area contributed by atoms with E-state index in [2.05, 4.69) is 15.9 Å². The smallest absolute Gasteiger partial charge is 0.338 e. The third kappa shape index (κ3) is 3.17. The lowest BCUT2D eigenvalue weighted by molar-refractivity contribution is -0.131. The Morgan fingerprint density at radius 2 is 1.95 bits per heavy atom. The van der Waals surface area contributed by atoms with E-state index in [1.807, 2.05) is 18.2 Å². The minimum absolute atomic E-state index is 0.290. The minimum Gasteiger partial charge on any atom is -0.462 e. The summed E-state index contributed by atoms with van der Waals surface area (Å²) in [5.41, 5.74) is 0.355. The normalized spacial score (nSPS) is 10.3. The van der Waals surface area contributed by atoms with Gasteiger partial charge in [0.1, 0.15) is 5.75 Å². The maximum atomic E-state index is 11.8. The summed E-state index contributed by atoms with van der Waals surface area (Å²) in [6, 6.07) is 8.76. The second-order valence-corrected chi connectivity index (χ2v) is 5.07. The molecule has 0 aliphatic carbocycles. The van der Waals surface area contributed by atoms with Gasteiger partial charge in [0, 0.05) is 16.8 Å². The number of benzene rings is 2. The molecule has 0 heterocycles. The van der Waals surface area contributed by atoms with E-state index in [0.717, 1.165) is 15.2 Å². The SMILES string of the molecule is CCOC(=O)c1cc(OC(C)=O)c2ccc(Br)cc2c1. The summed E-state index contributed by atoms with van der Waals surface area (Å²) in [5.74, 6) is -0.524. The predicted molar refractivity (Wildman–Crippen MR) is 78.9 cm³/mol. The molecule has 5 heteroatoms. The zero-order chi connectivity index (χ0) is 14.7. The summed E-state index contributed by atoms with van der Waals surface area (Å²) >= 11 is 3.38. The minimum atomic E-state index is -0.442. The third-order valence-corrected chi connectivity index (χ3v) is 3.13. The van der Waals surface area contributed by atoms with Gasteiger partial charge in [-0.1, -0.05) is 15.9 Å². The second-order valence-electron chi connectivity index (χ2n) is 4.15. The number of hydrogen-bond acceptors (Lipinski definition) is 4. The Hall–Kier alpha value is -1.88. The summed E-state index contributed by atoms with van der Waals surface area (Å²) in [5, 5.41) is 1.55. The van der Waals surface area contributed by atoms with E-state index in [1.54, 1.807) is 13.0 Å². The van der Waals surface area contributed by atoms with Gasteiger partial charge in [-0.05, 0) is 42.6 Å². The van der Waals surface area contributed by atoms with Crippen molar-refractivity contribution in [3.8, 4) is 5.75 Å². The molecule has 0 bridgehead atoms. The lowest BCUT2D eigenvalue weighted by Crippen LogP contribution is -2.07. The Bertz CT molecular complexity index is 679. The number of ether oxygens (including phenoxy) is 2. The molecule has 0 aromatic heterocycles. The lowest BCUT2D eigenvalue weighted by Gasteiger charge is -2.09. The zero-order valence-corrected chi connectivity index (χ0v) is 12.7. The molecule has 0 saturated carbocycles. The fourth-order valence-corrected chi connectivity index (χ4v) is 2.26. The first kappa shape index (κ1) is 14.5. The Labute approximate surface area is 124 Å². The summed E-state index contributed by atoms with van der Waals surface area (Å²) in [4.78, 5) is 23.0. The maximum absolute atomic E-state index is 11.8. The van der Waals surface area contributed by atoms with E-state index < -0.39 is 11.9 Å². The van der Waals surface area contributed by atoms with Gasteiger partial charge in [0.15, 0.2) is 0 Å². The molecular formula is C15H13BrO4. The van der Waals surface area contributed by atoms with Crippen LogP contribution in [0.5, 0.6) is 5.75 Å². The summed E-state index contributed by atoms with van der Waals surface area (Å²) < 4.78 is 11.0. The molecule has 0 amide bonds. The van der Waals surface area contributed by atoms with Crippen LogP contribution in [0.25, 0.3) is 10.8 Å². The molecule has 0 saturated heterocycles. The Balaban J connectivity index is 2.61. The average Bonchev–Trinajstić information content (AvgIpc) is 2.37. The summed E-state index contributed by atoms with van der Waals surface area (Å²) in [7, 11) is 0. The first-order chi connectivity index (χ1) is 9.51. The first-order valence-corrected chi connectivity index (χ1v) is 6.89. The molecule has 0 atom stereocenters. The Morgan fingerprint density at radius 3 is 2.60 bits per heavy atom. The molecule has 0 radical (unpaired) electrons. The van der Waals surface area contributed by atoms with Crippen molar-refractivity contribution in [2.24, 2.45) is 0 Å². The van der Waals surface area contributed by atoms with Gasteiger partial charge in [-0.3, -0.25) is 4.79 Å². The topological polar surface area (TPSA) is 52.6 Å². The van der Waals surface area contributed by atoms with Crippen LogP contribution in [-0.2, 0) is 9.53 Å². The number of rotatable bonds is 3. The van der Waals surface area contributed by atoms with Crippen LogP contribution in [0.4, 0.5) is 0 Å². The molecule has 4 nitrogen and oxygen atoms in total. The van der Waals surface area contributed by atoms with Crippen molar-refractivity contribution >= 4 is 38.6 Å². The second kappa shape index (κ2) is 6.05. The van der Waals surface area contributed by atoms with Gasteiger partial charge in [0.05, 0.1) is 12.2 Å². The quantitative estimate of drug-likeness (QED) is 0.633. The first-order valence-electron chi connectivity index (χ1n) is 6.10. The van der Waals surface area contributed by atoms with Crippen molar-refractivity contribution in [2.75, 3.05) is 6.61 Å². The van der Waals surface area contributed by atoms with Gasteiger partial charge >= 0.3 is 11.9 Å². The van der Waals surface area contributed by atoms with Crippen LogP contribution in [0.1, 0.15) is 24.2 Å². The molecule has 0 fully saturated rings. The molecule has 2 aromatic carbocycles. The summed E-state index contributed by atoms with van der Waals surface area (Å²) in [6.45, 7) is 3.35. The standard InChI is InChI=1S/C15H13BrO4/c1-3-19-15(18)11-6-10-7-12(16)4-5-13(10)14(8-11)20-9(2)17/h4-8H,3H2,1-2H3. The number of carbonyl (C=O) groups is 2. The van der Waals surface area contributed by atoms with Gasteiger partial charge < -0.3 is 9.47 Å². The van der Waals surface area contributed by atoms with Gasteiger partial charge in [0.2, 0.25) is 0 Å². The summed E-state index contributed by atoms with van der Waals surface area (Å²) in [6.07, 6.45) is 0. The van der Waals surface area contributed by atoms with E-state index in [0.29, 0.717) is 11.3 Å². The molecule has 2 aromatic rings. The van der Waals surface area contributed by atoms with Crippen molar-refractivity contribution in [3.05, 3.63) is 40.4 Å². The van der Waals surface area contributed by atoms with Crippen LogP contribution in [-0.4, -0.2) is 18.5 Å². The van der Waals surface area contributed by atoms with E-state index in [-0.39, 0.29) is 6.61 Å². The Kier molecular flexibility index (Phi) is 4.39. The predicted octanol–water partition coefficient (Wildman–Crippen LogP) is 3.70. The van der Waals surface area contributed by atoms with E-state index in [4.69, 9.17) is 9.47 Å². The monoisotopic (exact) mass is 336 g/mol. The van der Waals surface area contributed by atoms with E-state index in [9.17, 15) is 9.59 Å². The van der Waals surface area contributed by atoms with Gasteiger partial charge in [0.25, 0.3) is 0 Å². The van der Waals surface area contributed by atoms with Gasteiger partial charge in [-0.15, -0.1) is 0 Å². The molecular weight excluding hydrogens is 324 g/mol. The van der Waals surface area contributed by atoms with Crippen molar-refractivity contribution in [2.45, 2.75) is 13.8 Å². The van der Waals surface area contributed by atoms with Crippen molar-refractivity contribution in [1.29, 1.82) is 0 Å². The fraction of sp³-hybridized carbons (Fsp3) is 0.200. The van der Waals surface area contributed by atoms with E-state index >= 15 is 0 Å². The number of halogens is 1. The highest BCUT2D eigenvalue weighted by Gasteiger charge is 2.13. The lowest BCUT2D eigenvalue weighted by atomic mass is 10.1. The molecule has 20 heavy (non-hydrogen) atoms. The molecule has 0 N–H and O–H groups in total. The molecule has 0 spiro atoms. The molecule has 2 rings (SSSR count).